The smallest absolute Gasteiger partial charge is 0.139 e. The molecule has 0 spiro atoms. The van der Waals surface area contributed by atoms with E-state index in [1.165, 1.54) is 0 Å². The van der Waals surface area contributed by atoms with Crippen LogP contribution in [0.3, 0.4) is 0 Å². The van der Waals surface area contributed by atoms with Gasteiger partial charge in [-0.3, -0.25) is 4.98 Å². The Morgan fingerprint density at radius 1 is 1.28 bits per heavy atom. The molecule has 0 saturated heterocycles. The third-order valence-electron chi connectivity index (χ3n) is 2.89. The third kappa shape index (κ3) is 2.05. The molecule has 1 aliphatic rings. The van der Waals surface area contributed by atoms with Crippen molar-refractivity contribution < 1.29 is 0 Å². The molecule has 90 valence electrons. The van der Waals surface area contributed by atoms with Crippen LogP contribution in [0.4, 0.5) is 0 Å². The van der Waals surface area contributed by atoms with Crippen LogP contribution in [-0.4, -0.2) is 21.0 Å². The molecule has 0 aliphatic carbocycles. The Kier molecular flexibility index (Phi) is 2.68. The van der Waals surface area contributed by atoms with Crippen molar-refractivity contribution in [3.05, 3.63) is 54.8 Å². The first-order valence-corrected chi connectivity index (χ1v) is 5.93. The molecule has 3 heterocycles. The van der Waals surface area contributed by atoms with Gasteiger partial charge < -0.3 is 10.3 Å². The van der Waals surface area contributed by atoms with Gasteiger partial charge in [-0.2, -0.15) is 0 Å². The van der Waals surface area contributed by atoms with Gasteiger partial charge in [0.1, 0.15) is 5.82 Å². The molecular formula is C14H14N4. The van der Waals surface area contributed by atoms with E-state index in [9.17, 15) is 0 Å². The van der Waals surface area contributed by atoms with Crippen LogP contribution >= 0.6 is 0 Å². The van der Waals surface area contributed by atoms with Gasteiger partial charge in [-0.1, -0.05) is 12.2 Å². The maximum absolute atomic E-state index is 4.38. The Bertz CT molecular complexity index is 595. The summed E-state index contributed by atoms with van der Waals surface area (Å²) in [7, 11) is 0. The highest BCUT2D eigenvalue weighted by atomic mass is 14.9. The second-order valence-corrected chi connectivity index (χ2v) is 4.30. The second kappa shape index (κ2) is 4.49. The highest BCUT2D eigenvalue weighted by Crippen LogP contribution is 2.20. The summed E-state index contributed by atoms with van der Waals surface area (Å²) in [5.41, 5.74) is 3.10. The molecule has 2 aromatic rings. The summed E-state index contributed by atoms with van der Waals surface area (Å²) in [6.07, 6.45) is 11.6. The topological polar surface area (TPSA) is 53.6 Å². The van der Waals surface area contributed by atoms with E-state index in [1.807, 2.05) is 24.5 Å². The van der Waals surface area contributed by atoms with Gasteiger partial charge in [0.15, 0.2) is 0 Å². The summed E-state index contributed by atoms with van der Waals surface area (Å²) in [6, 6.07) is 4.27. The number of imidazole rings is 1. The van der Waals surface area contributed by atoms with E-state index in [-0.39, 0.29) is 0 Å². The summed E-state index contributed by atoms with van der Waals surface area (Å²) in [5.74, 6) is 0.839. The molecule has 0 aromatic carbocycles. The largest absolute Gasteiger partial charge is 0.384 e. The predicted molar refractivity (Wildman–Crippen MR) is 71.5 cm³/mol. The molecule has 4 nitrogen and oxygen atoms in total. The molecule has 0 radical (unpaired) electrons. The lowest BCUT2D eigenvalue weighted by molar-refractivity contribution is 0.763. The summed E-state index contributed by atoms with van der Waals surface area (Å²) in [6.45, 7) is 2.11. The average Bonchev–Trinajstić information content (AvgIpc) is 2.90. The molecule has 4 heteroatoms. The second-order valence-electron chi connectivity index (χ2n) is 4.30. The molecule has 3 rings (SSSR count). The third-order valence-corrected chi connectivity index (χ3v) is 2.89. The van der Waals surface area contributed by atoms with Crippen LogP contribution in [0, 0.1) is 0 Å². The van der Waals surface area contributed by atoms with Crippen molar-refractivity contribution in [1.29, 1.82) is 0 Å². The minimum Gasteiger partial charge on any atom is -0.384 e. The molecule has 2 aromatic heterocycles. The van der Waals surface area contributed by atoms with Gasteiger partial charge in [-0.15, -0.1) is 0 Å². The van der Waals surface area contributed by atoms with Crippen LogP contribution in [0.15, 0.2) is 49.1 Å². The molecule has 2 N–H and O–H groups in total. The van der Waals surface area contributed by atoms with Crippen molar-refractivity contribution in [3.63, 3.8) is 0 Å². The quantitative estimate of drug-likeness (QED) is 0.844. The molecule has 0 amide bonds. The Balaban J connectivity index is 1.89. The number of nitrogens with one attached hydrogen (secondary N) is 2. The fraction of sp³-hybridized carbons (Fsp3) is 0.143. The zero-order valence-electron chi connectivity index (χ0n) is 10.1. The van der Waals surface area contributed by atoms with Gasteiger partial charge in [0.05, 0.1) is 11.9 Å². The van der Waals surface area contributed by atoms with Crippen molar-refractivity contribution in [2.45, 2.75) is 13.0 Å². The van der Waals surface area contributed by atoms with Crippen LogP contribution in [0.1, 0.15) is 12.6 Å². The molecular weight excluding hydrogens is 224 g/mol. The molecule has 0 fully saturated rings. The zero-order valence-corrected chi connectivity index (χ0v) is 10.1. The minimum atomic E-state index is 0.384. The minimum absolute atomic E-state index is 0.384. The van der Waals surface area contributed by atoms with Gasteiger partial charge >= 0.3 is 0 Å². The molecule has 1 atom stereocenters. The van der Waals surface area contributed by atoms with Crippen molar-refractivity contribution in [2.24, 2.45) is 0 Å². The van der Waals surface area contributed by atoms with E-state index in [1.54, 1.807) is 12.4 Å². The molecule has 0 bridgehead atoms. The Morgan fingerprint density at radius 2 is 2.22 bits per heavy atom. The number of hydrogen-bond donors (Lipinski definition) is 2. The number of nitrogens with zero attached hydrogens (tertiary/aromatic N) is 2. The normalized spacial score (nSPS) is 18.3. The van der Waals surface area contributed by atoms with Crippen molar-refractivity contribution >= 4 is 5.57 Å². The van der Waals surface area contributed by atoms with Crippen LogP contribution < -0.4 is 5.32 Å². The highest BCUT2D eigenvalue weighted by Gasteiger charge is 2.08. The maximum Gasteiger partial charge on any atom is 0.139 e. The van der Waals surface area contributed by atoms with Crippen molar-refractivity contribution in [3.8, 4) is 11.4 Å². The summed E-state index contributed by atoms with van der Waals surface area (Å²) in [5, 5.41) is 3.27. The van der Waals surface area contributed by atoms with Gasteiger partial charge in [0.2, 0.25) is 0 Å². The molecule has 1 unspecified atom stereocenters. The maximum atomic E-state index is 4.38. The number of dihydropyridines is 1. The first-order valence-electron chi connectivity index (χ1n) is 5.93. The Hall–Kier alpha value is -2.36. The molecule has 1 aliphatic heterocycles. The lowest BCUT2D eigenvalue weighted by atomic mass is 10.1. The first kappa shape index (κ1) is 10.8. The fourth-order valence-electron chi connectivity index (χ4n) is 1.86. The van der Waals surface area contributed by atoms with Gasteiger partial charge in [-0.25, -0.2) is 4.98 Å². The van der Waals surface area contributed by atoms with E-state index in [4.69, 9.17) is 0 Å². The Morgan fingerprint density at radius 3 is 2.94 bits per heavy atom. The lowest BCUT2D eigenvalue weighted by Gasteiger charge is -2.13. The lowest BCUT2D eigenvalue weighted by Crippen LogP contribution is -2.20. The molecule has 0 saturated carbocycles. The number of rotatable bonds is 2. The summed E-state index contributed by atoms with van der Waals surface area (Å²) < 4.78 is 0. The van der Waals surface area contributed by atoms with Crippen molar-refractivity contribution in [1.82, 2.24) is 20.3 Å². The predicted octanol–water partition coefficient (Wildman–Crippen LogP) is 2.36. The summed E-state index contributed by atoms with van der Waals surface area (Å²) in [4.78, 5) is 11.8. The Labute approximate surface area is 105 Å². The van der Waals surface area contributed by atoms with E-state index < -0.39 is 0 Å². The van der Waals surface area contributed by atoms with E-state index in [0.717, 1.165) is 22.7 Å². The van der Waals surface area contributed by atoms with Gasteiger partial charge in [0.25, 0.3) is 0 Å². The number of H-pyrrole nitrogens is 1. The average molecular weight is 238 g/mol. The fourth-order valence-corrected chi connectivity index (χ4v) is 1.86. The number of aromatic amines is 1. The molecule has 18 heavy (non-hydrogen) atoms. The van der Waals surface area contributed by atoms with Crippen LogP contribution in [0.2, 0.25) is 0 Å². The zero-order chi connectivity index (χ0) is 12.4. The van der Waals surface area contributed by atoms with E-state index in [2.05, 4.69) is 39.3 Å². The van der Waals surface area contributed by atoms with Crippen LogP contribution in [-0.2, 0) is 0 Å². The first-order chi connectivity index (χ1) is 8.83. The van der Waals surface area contributed by atoms with Gasteiger partial charge in [0, 0.05) is 35.8 Å². The number of aromatic nitrogens is 3. The summed E-state index contributed by atoms with van der Waals surface area (Å²) >= 11 is 0. The highest BCUT2D eigenvalue weighted by molar-refractivity contribution is 5.73. The monoisotopic (exact) mass is 238 g/mol. The standard InChI is InChI=1S/C14H14N4/c1-10-4-5-11(8-16-10)13-9-17-14(18-13)12-3-2-6-15-7-12/h2-10,16H,1H3,(H,17,18). The van der Waals surface area contributed by atoms with E-state index in [0.29, 0.717) is 6.04 Å². The van der Waals surface area contributed by atoms with Crippen LogP contribution in [0.25, 0.3) is 17.0 Å². The van der Waals surface area contributed by atoms with Crippen molar-refractivity contribution in [2.75, 3.05) is 0 Å². The number of hydrogen-bond acceptors (Lipinski definition) is 3. The SMILES string of the molecule is CC1C=CC(c2cnc(-c3cccnc3)[nH]2)=CN1. The number of pyridine rings is 1. The van der Waals surface area contributed by atoms with Gasteiger partial charge in [-0.05, 0) is 19.1 Å². The number of allylic oxidation sites excluding steroid dienone is 2. The van der Waals surface area contributed by atoms with Crippen LogP contribution in [0.5, 0.6) is 0 Å². The van der Waals surface area contributed by atoms with E-state index >= 15 is 0 Å².